The Balaban J connectivity index is 1.55. The van der Waals surface area contributed by atoms with Crippen LogP contribution in [0.15, 0.2) is 96.1 Å². The summed E-state index contributed by atoms with van der Waals surface area (Å²) in [5, 5.41) is 34.8. The fourth-order valence-corrected chi connectivity index (χ4v) is 5.66. The van der Waals surface area contributed by atoms with E-state index >= 15 is 0 Å². The minimum absolute atomic E-state index is 0.0244. The van der Waals surface area contributed by atoms with Crippen LogP contribution in [-0.4, -0.2) is 66.4 Å². The molecule has 5 N–H and O–H groups in total. The summed E-state index contributed by atoms with van der Waals surface area (Å²) in [5.74, 6) is 0.826. The van der Waals surface area contributed by atoms with Crippen LogP contribution in [0.4, 0.5) is 5.95 Å². The smallest absolute Gasteiger partial charge is 0.280 e. The number of aliphatic hydroxyl groups excluding tert-OH is 2. The van der Waals surface area contributed by atoms with Crippen LogP contribution in [0.5, 0.6) is 5.75 Å². The minimum Gasteiger partial charge on any atom is -0.497 e. The zero-order valence-corrected chi connectivity index (χ0v) is 23.0. The fourth-order valence-electron chi connectivity index (χ4n) is 5.66. The van der Waals surface area contributed by atoms with Crippen LogP contribution in [0.25, 0.3) is 11.2 Å². The Bertz CT molecular complexity index is 1700. The van der Waals surface area contributed by atoms with Gasteiger partial charge in [-0.2, -0.15) is 4.98 Å². The van der Waals surface area contributed by atoms with E-state index in [9.17, 15) is 20.1 Å². The van der Waals surface area contributed by atoms with Crippen molar-refractivity contribution < 1.29 is 24.8 Å². The fraction of sp³-hybridized carbons (Fsp3) is 0.258. The summed E-state index contributed by atoms with van der Waals surface area (Å²) in [4.78, 5) is 25.1. The quantitative estimate of drug-likeness (QED) is 0.177. The Morgan fingerprint density at radius 2 is 1.62 bits per heavy atom. The SMILES string of the molecule is COc1ccc(C(Nc2nc3c(ncn3[C@@H]3OC(CO)[C@@H](O)[C@@]3(C)O)c(=O)[nH]2)(c2ccccc2)c2ccccc2)cc1. The molecule has 0 spiro atoms. The first-order chi connectivity index (χ1) is 20.3. The number of rotatable bonds is 8. The van der Waals surface area contributed by atoms with Gasteiger partial charge < -0.3 is 30.1 Å². The Morgan fingerprint density at radius 3 is 2.17 bits per heavy atom. The van der Waals surface area contributed by atoms with Gasteiger partial charge in [0.1, 0.15) is 29.1 Å². The third-order valence-electron chi connectivity index (χ3n) is 7.86. The molecule has 1 saturated heterocycles. The predicted octanol–water partition coefficient (Wildman–Crippen LogP) is 2.53. The standard InChI is InChI=1S/C31H31N5O6/c1-30(40)25(38)23(17-37)42-28(30)36-18-32-24-26(36)33-29(34-27(24)39)35-31(19-9-5-3-6-10-19,20-11-7-4-8-12-20)21-13-15-22(41-2)16-14-21/h3-16,18,23,25,28,37-38,40H,17H2,1-2H3,(H2,33,34,35,39)/t23?,25-,28-,30-/m1/s1. The molecule has 42 heavy (non-hydrogen) atoms. The summed E-state index contributed by atoms with van der Waals surface area (Å²) in [5.41, 5.74) is -0.548. The molecule has 11 nitrogen and oxygen atoms in total. The summed E-state index contributed by atoms with van der Waals surface area (Å²) in [6, 6.07) is 27.2. The van der Waals surface area contributed by atoms with Crippen LogP contribution in [0.3, 0.4) is 0 Å². The molecule has 3 aromatic carbocycles. The zero-order chi connectivity index (χ0) is 29.5. The van der Waals surface area contributed by atoms with E-state index in [0.717, 1.165) is 16.7 Å². The van der Waals surface area contributed by atoms with Gasteiger partial charge in [0.25, 0.3) is 5.56 Å². The number of aromatic amines is 1. The number of aliphatic hydroxyl groups is 3. The molecule has 0 radical (unpaired) electrons. The van der Waals surface area contributed by atoms with Crippen molar-refractivity contribution in [3.8, 4) is 5.75 Å². The highest BCUT2D eigenvalue weighted by molar-refractivity contribution is 5.71. The highest BCUT2D eigenvalue weighted by atomic mass is 16.6. The number of methoxy groups -OCH3 is 1. The second-order valence-corrected chi connectivity index (χ2v) is 10.5. The highest BCUT2D eigenvalue weighted by Crippen LogP contribution is 2.41. The van der Waals surface area contributed by atoms with Gasteiger partial charge in [-0.15, -0.1) is 0 Å². The van der Waals surface area contributed by atoms with Crippen molar-refractivity contribution in [3.05, 3.63) is 118 Å². The monoisotopic (exact) mass is 569 g/mol. The minimum atomic E-state index is -1.79. The van der Waals surface area contributed by atoms with Gasteiger partial charge in [0, 0.05) is 0 Å². The number of anilines is 1. The first kappa shape index (κ1) is 27.6. The molecule has 3 heterocycles. The van der Waals surface area contributed by atoms with E-state index in [0.29, 0.717) is 5.75 Å². The molecule has 0 bridgehead atoms. The van der Waals surface area contributed by atoms with Gasteiger partial charge in [-0.25, -0.2) is 4.98 Å². The molecule has 0 aliphatic carbocycles. The summed E-state index contributed by atoms with van der Waals surface area (Å²) < 4.78 is 12.6. The maximum absolute atomic E-state index is 13.3. The molecule has 11 heteroatoms. The average Bonchev–Trinajstić information content (AvgIpc) is 3.54. The predicted molar refractivity (Wildman–Crippen MR) is 155 cm³/mol. The van der Waals surface area contributed by atoms with E-state index < -0.39 is 41.7 Å². The third kappa shape index (κ3) is 4.43. The zero-order valence-electron chi connectivity index (χ0n) is 23.0. The first-order valence-corrected chi connectivity index (χ1v) is 13.5. The van der Waals surface area contributed by atoms with Crippen molar-refractivity contribution in [2.75, 3.05) is 19.0 Å². The molecule has 4 atom stereocenters. The lowest BCUT2D eigenvalue weighted by Crippen LogP contribution is -2.44. The summed E-state index contributed by atoms with van der Waals surface area (Å²) in [7, 11) is 1.61. The number of aromatic nitrogens is 4. The van der Waals surface area contributed by atoms with Crippen molar-refractivity contribution in [3.63, 3.8) is 0 Å². The van der Waals surface area contributed by atoms with Crippen LogP contribution in [0.2, 0.25) is 0 Å². The lowest BCUT2D eigenvalue weighted by atomic mass is 9.77. The van der Waals surface area contributed by atoms with E-state index in [-0.39, 0.29) is 17.1 Å². The van der Waals surface area contributed by atoms with Gasteiger partial charge in [-0.1, -0.05) is 72.8 Å². The van der Waals surface area contributed by atoms with E-state index in [1.54, 1.807) is 7.11 Å². The van der Waals surface area contributed by atoms with Gasteiger partial charge in [-0.05, 0) is 35.7 Å². The Kier molecular flexibility index (Phi) is 7.03. The molecule has 5 aromatic rings. The van der Waals surface area contributed by atoms with E-state index in [1.807, 2.05) is 84.9 Å². The molecule has 6 rings (SSSR count). The van der Waals surface area contributed by atoms with Gasteiger partial charge in [0.2, 0.25) is 5.95 Å². The lowest BCUT2D eigenvalue weighted by Gasteiger charge is -2.37. The molecular weight excluding hydrogens is 538 g/mol. The van der Waals surface area contributed by atoms with Gasteiger partial charge >= 0.3 is 0 Å². The van der Waals surface area contributed by atoms with Gasteiger partial charge in [-0.3, -0.25) is 14.3 Å². The molecule has 1 unspecified atom stereocenters. The second-order valence-electron chi connectivity index (χ2n) is 10.5. The first-order valence-electron chi connectivity index (χ1n) is 13.5. The van der Waals surface area contributed by atoms with E-state index in [4.69, 9.17) is 14.5 Å². The lowest BCUT2D eigenvalue weighted by molar-refractivity contribution is -0.0950. The van der Waals surface area contributed by atoms with Crippen LogP contribution < -0.4 is 15.6 Å². The van der Waals surface area contributed by atoms with Crippen molar-refractivity contribution in [2.24, 2.45) is 0 Å². The molecule has 1 fully saturated rings. The van der Waals surface area contributed by atoms with Crippen molar-refractivity contribution in [1.82, 2.24) is 19.5 Å². The number of imidazole rings is 1. The topological polar surface area (TPSA) is 155 Å². The van der Waals surface area contributed by atoms with Crippen molar-refractivity contribution >= 4 is 17.1 Å². The third-order valence-corrected chi connectivity index (χ3v) is 7.86. The van der Waals surface area contributed by atoms with Crippen LogP contribution in [0.1, 0.15) is 29.8 Å². The maximum atomic E-state index is 13.3. The van der Waals surface area contributed by atoms with Crippen LogP contribution in [-0.2, 0) is 10.3 Å². The highest BCUT2D eigenvalue weighted by Gasteiger charge is 2.53. The molecule has 216 valence electrons. The number of H-pyrrole nitrogens is 1. The molecule has 1 aliphatic rings. The molecule has 2 aromatic heterocycles. The molecule has 1 aliphatic heterocycles. The number of benzene rings is 3. The van der Waals surface area contributed by atoms with Crippen LogP contribution in [0, 0.1) is 0 Å². The van der Waals surface area contributed by atoms with Crippen LogP contribution >= 0.6 is 0 Å². The Labute approximate surface area is 241 Å². The number of fused-ring (bicyclic) bond motifs is 1. The Morgan fingerprint density at radius 1 is 1.02 bits per heavy atom. The average molecular weight is 570 g/mol. The molecule has 0 saturated carbocycles. The van der Waals surface area contributed by atoms with Gasteiger partial charge in [0.05, 0.1) is 20.0 Å². The van der Waals surface area contributed by atoms with Gasteiger partial charge in [0.15, 0.2) is 17.4 Å². The maximum Gasteiger partial charge on any atom is 0.280 e. The number of nitrogens with zero attached hydrogens (tertiary/aromatic N) is 3. The summed E-state index contributed by atoms with van der Waals surface area (Å²) in [6.07, 6.45) is -2.23. The summed E-state index contributed by atoms with van der Waals surface area (Å²) in [6.45, 7) is 0.898. The number of hydrogen-bond acceptors (Lipinski definition) is 9. The molecular formula is C31H31N5O6. The number of nitrogens with one attached hydrogen (secondary N) is 2. The largest absolute Gasteiger partial charge is 0.497 e. The number of ether oxygens (including phenoxy) is 2. The Hall–Kier alpha value is -4.55. The van der Waals surface area contributed by atoms with Crippen molar-refractivity contribution in [2.45, 2.75) is 36.5 Å². The van der Waals surface area contributed by atoms with E-state index in [1.165, 1.54) is 17.8 Å². The normalized spacial score (nSPS) is 22.4. The van der Waals surface area contributed by atoms with E-state index in [2.05, 4.69) is 15.3 Å². The second kappa shape index (κ2) is 10.7. The number of hydrogen-bond donors (Lipinski definition) is 5. The summed E-state index contributed by atoms with van der Waals surface area (Å²) >= 11 is 0. The van der Waals surface area contributed by atoms with Crippen molar-refractivity contribution in [1.29, 1.82) is 0 Å². The molecule has 0 amide bonds.